The molecule has 2 amide bonds. The summed E-state index contributed by atoms with van der Waals surface area (Å²) in [7, 11) is 3.08. The third-order valence-electron chi connectivity index (χ3n) is 3.35. The van der Waals surface area contributed by atoms with Crippen LogP contribution in [0.15, 0.2) is 0 Å². The van der Waals surface area contributed by atoms with Gasteiger partial charge in [0, 0.05) is 26.6 Å². The van der Waals surface area contributed by atoms with Gasteiger partial charge in [-0.2, -0.15) is 0 Å². The second-order valence-electron chi connectivity index (χ2n) is 6.19. The average Bonchev–Trinajstić information content (AvgIpc) is 2.36. The van der Waals surface area contributed by atoms with Gasteiger partial charge < -0.3 is 9.64 Å². The second kappa shape index (κ2) is 6.92. The number of piperidine rings is 1. The molecule has 1 aliphatic heterocycles. The van der Waals surface area contributed by atoms with E-state index in [1.54, 1.807) is 11.9 Å². The molecule has 0 N–H and O–H groups in total. The molecule has 116 valence electrons. The molecule has 1 rings (SSSR count). The van der Waals surface area contributed by atoms with Gasteiger partial charge in [0.1, 0.15) is 5.60 Å². The molecule has 0 radical (unpaired) electrons. The minimum Gasteiger partial charge on any atom is -0.444 e. The van der Waals surface area contributed by atoms with E-state index in [9.17, 15) is 9.59 Å². The topological polar surface area (TPSA) is 59.1 Å². The predicted molar refractivity (Wildman–Crippen MR) is 74.9 cm³/mol. The monoisotopic (exact) mass is 286 g/mol. The third kappa shape index (κ3) is 5.36. The Morgan fingerprint density at radius 3 is 2.25 bits per heavy atom. The normalized spacial score (nSPS) is 16.9. The van der Waals surface area contributed by atoms with Gasteiger partial charge in [-0.3, -0.25) is 9.63 Å². The Labute approximate surface area is 121 Å². The number of rotatable bonds is 3. The number of likely N-dealkylation sites (tertiary alicyclic amines) is 1. The van der Waals surface area contributed by atoms with Crippen molar-refractivity contribution >= 4 is 12.0 Å². The minimum absolute atomic E-state index is 0.0248. The van der Waals surface area contributed by atoms with Gasteiger partial charge in [0.15, 0.2) is 0 Å². The van der Waals surface area contributed by atoms with Gasteiger partial charge in [0.25, 0.3) is 0 Å². The number of carbonyl (C=O) groups is 2. The number of amides is 2. The van der Waals surface area contributed by atoms with Crippen molar-refractivity contribution in [2.75, 3.05) is 27.2 Å². The van der Waals surface area contributed by atoms with Crippen LogP contribution >= 0.6 is 0 Å². The molecule has 0 unspecified atom stereocenters. The summed E-state index contributed by atoms with van der Waals surface area (Å²) >= 11 is 0. The van der Waals surface area contributed by atoms with Gasteiger partial charge in [-0.1, -0.05) is 0 Å². The molecule has 0 spiro atoms. The van der Waals surface area contributed by atoms with E-state index in [1.807, 2.05) is 20.8 Å². The number of hydrogen-bond acceptors (Lipinski definition) is 4. The van der Waals surface area contributed by atoms with Crippen molar-refractivity contribution in [1.29, 1.82) is 0 Å². The standard InChI is InChI=1S/C14H26N2O4/c1-14(2,3)20-13(18)16-8-6-11(7-9-16)10-12(17)15(4)19-5/h11H,6-10H2,1-5H3. The first-order valence-electron chi connectivity index (χ1n) is 7.01. The first-order chi connectivity index (χ1) is 9.23. The summed E-state index contributed by atoms with van der Waals surface area (Å²) in [5.41, 5.74) is -0.467. The Balaban J connectivity index is 2.37. The Morgan fingerprint density at radius 2 is 1.80 bits per heavy atom. The van der Waals surface area contributed by atoms with Crippen LogP contribution in [-0.2, 0) is 14.4 Å². The highest BCUT2D eigenvalue weighted by Crippen LogP contribution is 2.22. The fraction of sp³-hybridized carbons (Fsp3) is 0.857. The molecule has 6 heteroatoms. The van der Waals surface area contributed by atoms with Crippen molar-refractivity contribution in [1.82, 2.24) is 9.96 Å². The summed E-state index contributed by atoms with van der Waals surface area (Å²) in [6.07, 6.45) is 1.84. The van der Waals surface area contributed by atoms with E-state index < -0.39 is 5.60 Å². The van der Waals surface area contributed by atoms with Crippen molar-refractivity contribution < 1.29 is 19.2 Å². The maximum atomic E-state index is 11.9. The summed E-state index contributed by atoms with van der Waals surface area (Å²) in [4.78, 5) is 30.2. The van der Waals surface area contributed by atoms with Gasteiger partial charge in [0.05, 0.1) is 7.11 Å². The lowest BCUT2D eigenvalue weighted by atomic mass is 9.93. The molecule has 0 aromatic rings. The molecule has 1 fully saturated rings. The van der Waals surface area contributed by atoms with Crippen LogP contribution in [0, 0.1) is 5.92 Å². The Morgan fingerprint density at radius 1 is 1.25 bits per heavy atom. The van der Waals surface area contributed by atoms with Gasteiger partial charge in [-0.25, -0.2) is 9.86 Å². The van der Waals surface area contributed by atoms with Crippen LogP contribution in [-0.4, -0.2) is 54.8 Å². The maximum absolute atomic E-state index is 11.9. The lowest BCUT2D eigenvalue weighted by Gasteiger charge is -2.33. The molecule has 0 aliphatic carbocycles. The zero-order chi connectivity index (χ0) is 15.3. The molecular weight excluding hydrogens is 260 g/mol. The van der Waals surface area contributed by atoms with Crippen molar-refractivity contribution in [3.05, 3.63) is 0 Å². The van der Waals surface area contributed by atoms with E-state index in [0.717, 1.165) is 12.8 Å². The summed E-state index contributed by atoms with van der Waals surface area (Å²) in [6, 6.07) is 0. The highest BCUT2D eigenvalue weighted by Gasteiger charge is 2.28. The van der Waals surface area contributed by atoms with E-state index >= 15 is 0 Å². The predicted octanol–water partition coefficient (Wildman–Crippen LogP) is 2.04. The van der Waals surface area contributed by atoms with E-state index in [1.165, 1.54) is 12.2 Å². The highest BCUT2D eigenvalue weighted by molar-refractivity contribution is 5.75. The van der Waals surface area contributed by atoms with Gasteiger partial charge in [-0.05, 0) is 39.5 Å². The van der Waals surface area contributed by atoms with Crippen LogP contribution in [0.5, 0.6) is 0 Å². The highest BCUT2D eigenvalue weighted by atomic mass is 16.7. The smallest absolute Gasteiger partial charge is 0.410 e. The molecule has 0 aromatic heterocycles. The zero-order valence-corrected chi connectivity index (χ0v) is 13.1. The van der Waals surface area contributed by atoms with Crippen LogP contribution in [0.2, 0.25) is 0 Å². The first kappa shape index (κ1) is 16.8. The molecular formula is C14H26N2O4. The number of hydrogen-bond donors (Lipinski definition) is 0. The Kier molecular flexibility index (Phi) is 5.80. The summed E-state index contributed by atoms with van der Waals surface area (Å²) in [6.45, 7) is 6.86. The molecule has 6 nitrogen and oxygen atoms in total. The van der Waals surface area contributed by atoms with Crippen molar-refractivity contribution in [2.24, 2.45) is 5.92 Å². The zero-order valence-electron chi connectivity index (χ0n) is 13.1. The van der Waals surface area contributed by atoms with E-state index in [4.69, 9.17) is 9.57 Å². The van der Waals surface area contributed by atoms with Crippen LogP contribution in [0.4, 0.5) is 4.79 Å². The van der Waals surface area contributed by atoms with Crippen molar-refractivity contribution in [3.63, 3.8) is 0 Å². The number of carbonyl (C=O) groups excluding carboxylic acids is 2. The molecule has 0 aromatic carbocycles. The number of hydroxylamine groups is 2. The second-order valence-corrected chi connectivity index (χ2v) is 6.19. The van der Waals surface area contributed by atoms with Crippen LogP contribution in [0.3, 0.4) is 0 Å². The molecule has 0 saturated carbocycles. The largest absolute Gasteiger partial charge is 0.444 e. The van der Waals surface area contributed by atoms with Crippen LogP contribution < -0.4 is 0 Å². The van der Waals surface area contributed by atoms with E-state index in [2.05, 4.69) is 0 Å². The molecule has 20 heavy (non-hydrogen) atoms. The SMILES string of the molecule is CON(C)C(=O)CC1CCN(C(=O)OC(C)(C)C)CC1. The summed E-state index contributed by atoms with van der Waals surface area (Å²) in [5.74, 6) is 0.280. The van der Waals surface area contributed by atoms with Gasteiger partial charge >= 0.3 is 6.09 Å². The first-order valence-corrected chi connectivity index (χ1v) is 7.01. The minimum atomic E-state index is -0.467. The van der Waals surface area contributed by atoms with E-state index in [-0.39, 0.29) is 12.0 Å². The molecule has 1 aliphatic rings. The van der Waals surface area contributed by atoms with E-state index in [0.29, 0.717) is 25.4 Å². The summed E-state index contributed by atoms with van der Waals surface area (Å²) < 4.78 is 5.34. The Bertz CT molecular complexity index is 344. The van der Waals surface area contributed by atoms with Crippen LogP contribution in [0.1, 0.15) is 40.0 Å². The number of nitrogens with zero attached hydrogens (tertiary/aromatic N) is 2. The molecule has 0 atom stereocenters. The Hall–Kier alpha value is -1.30. The summed E-state index contributed by atoms with van der Waals surface area (Å²) in [5, 5.41) is 1.25. The van der Waals surface area contributed by atoms with Crippen LogP contribution in [0.25, 0.3) is 0 Å². The van der Waals surface area contributed by atoms with Crippen molar-refractivity contribution in [3.8, 4) is 0 Å². The quantitative estimate of drug-likeness (QED) is 0.745. The number of ether oxygens (including phenoxy) is 1. The van der Waals surface area contributed by atoms with Crippen molar-refractivity contribution in [2.45, 2.75) is 45.6 Å². The third-order valence-corrected chi connectivity index (χ3v) is 3.35. The fourth-order valence-electron chi connectivity index (χ4n) is 2.12. The molecule has 0 bridgehead atoms. The maximum Gasteiger partial charge on any atom is 0.410 e. The average molecular weight is 286 g/mol. The van der Waals surface area contributed by atoms with Gasteiger partial charge in [0.2, 0.25) is 5.91 Å². The molecule has 1 heterocycles. The lowest BCUT2D eigenvalue weighted by Crippen LogP contribution is -2.42. The fourth-order valence-corrected chi connectivity index (χ4v) is 2.12. The molecule has 1 saturated heterocycles. The lowest BCUT2D eigenvalue weighted by molar-refractivity contribution is -0.170. The van der Waals surface area contributed by atoms with Gasteiger partial charge in [-0.15, -0.1) is 0 Å².